The fourth-order valence-corrected chi connectivity index (χ4v) is 3.28. The van der Waals surface area contributed by atoms with Crippen molar-refractivity contribution in [2.24, 2.45) is 5.92 Å². The fourth-order valence-electron chi connectivity index (χ4n) is 3.28. The lowest BCUT2D eigenvalue weighted by molar-refractivity contribution is -0.131. The number of aromatic amines is 1. The highest BCUT2D eigenvalue weighted by Crippen LogP contribution is 2.13. The normalized spacial score (nSPS) is 17.9. The molecule has 1 saturated heterocycles. The lowest BCUT2D eigenvalue weighted by Crippen LogP contribution is -2.37. The quantitative estimate of drug-likeness (QED) is 0.817. The molecular formula is C18H25N5O3. The van der Waals surface area contributed by atoms with Gasteiger partial charge >= 0.3 is 0 Å². The van der Waals surface area contributed by atoms with Gasteiger partial charge in [-0.05, 0) is 6.42 Å². The first kappa shape index (κ1) is 18.3. The zero-order valence-electron chi connectivity index (χ0n) is 15.1. The number of hydrogen-bond donors (Lipinski definition) is 1. The third-order valence-electron chi connectivity index (χ3n) is 4.61. The average Bonchev–Trinajstić information content (AvgIpc) is 2.97. The Morgan fingerprint density at radius 1 is 1.42 bits per heavy atom. The molecule has 26 heavy (non-hydrogen) atoms. The van der Waals surface area contributed by atoms with E-state index in [1.165, 1.54) is 12.4 Å². The van der Waals surface area contributed by atoms with Gasteiger partial charge in [-0.1, -0.05) is 6.92 Å². The highest BCUT2D eigenvalue weighted by atomic mass is 16.5. The monoisotopic (exact) mass is 359 g/mol. The highest BCUT2D eigenvalue weighted by Gasteiger charge is 2.23. The first-order valence-corrected chi connectivity index (χ1v) is 9.05. The molecule has 1 amide bonds. The molecule has 2 aromatic heterocycles. The standard InChI is InChI=1S/C18H25N5O3/c1-2-16-19-4-6-22(16)5-3-18(25)23-7-8-26-12-14(11-23)9-15-10-17(24)21-13-20-15/h4,6,10,13-14H,2-3,5,7-9,11-12H2,1H3,(H,20,21,24). The van der Waals surface area contributed by atoms with Crippen LogP contribution in [-0.4, -0.2) is 56.6 Å². The maximum absolute atomic E-state index is 12.7. The Morgan fingerprint density at radius 3 is 3.12 bits per heavy atom. The van der Waals surface area contributed by atoms with Gasteiger partial charge in [-0.15, -0.1) is 0 Å². The summed E-state index contributed by atoms with van der Waals surface area (Å²) in [6, 6.07) is 1.50. The van der Waals surface area contributed by atoms with E-state index in [1.54, 1.807) is 6.20 Å². The van der Waals surface area contributed by atoms with Crippen LogP contribution in [0.5, 0.6) is 0 Å². The van der Waals surface area contributed by atoms with Gasteiger partial charge in [0.15, 0.2) is 0 Å². The molecule has 0 aliphatic carbocycles. The molecule has 1 aliphatic rings. The number of amides is 1. The average molecular weight is 359 g/mol. The van der Waals surface area contributed by atoms with Crippen LogP contribution in [0.25, 0.3) is 0 Å². The van der Waals surface area contributed by atoms with E-state index in [0.717, 1.165) is 17.9 Å². The molecule has 0 spiro atoms. The zero-order chi connectivity index (χ0) is 18.4. The molecule has 3 rings (SSSR count). The maximum atomic E-state index is 12.7. The van der Waals surface area contributed by atoms with Crippen molar-refractivity contribution in [1.29, 1.82) is 0 Å². The van der Waals surface area contributed by atoms with Crippen LogP contribution in [0.3, 0.4) is 0 Å². The van der Waals surface area contributed by atoms with Gasteiger partial charge in [0, 0.05) is 62.5 Å². The number of aromatic nitrogens is 4. The summed E-state index contributed by atoms with van der Waals surface area (Å²) in [7, 11) is 0. The lowest BCUT2D eigenvalue weighted by atomic mass is 10.0. The minimum Gasteiger partial charge on any atom is -0.379 e. The predicted molar refractivity (Wildman–Crippen MR) is 95.7 cm³/mol. The third kappa shape index (κ3) is 4.78. The Hall–Kier alpha value is -2.48. The van der Waals surface area contributed by atoms with Crippen LogP contribution in [0.15, 0.2) is 29.6 Å². The van der Waals surface area contributed by atoms with Crippen LogP contribution in [0.1, 0.15) is 24.9 Å². The summed E-state index contributed by atoms with van der Waals surface area (Å²) in [5.74, 6) is 1.25. The molecule has 8 heteroatoms. The molecule has 1 unspecified atom stereocenters. The van der Waals surface area contributed by atoms with Gasteiger partial charge in [0.25, 0.3) is 5.56 Å². The van der Waals surface area contributed by atoms with E-state index >= 15 is 0 Å². The van der Waals surface area contributed by atoms with Gasteiger partial charge < -0.3 is 19.2 Å². The number of carbonyl (C=O) groups is 1. The van der Waals surface area contributed by atoms with Crippen LogP contribution in [0.4, 0.5) is 0 Å². The molecule has 8 nitrogen and oxygen atoms in total. The molecule has 3 heterocycles. The topological polar surface area (TPSA) is 93.1 Å². The van der Waals surface area contributed by atoms with Gasteiger partial charge in [-0.3, -0.25) is 9.59 Å². The van der Waals surface area contributed by atoms with Crippen LogP contribution in [-0.2, 0) is 28.9 Å². The zero-order valence-corrected chi connectivity index (χ0v) is 15.1. The van der Waals surface area contributed by atoms with Crippen LogP contribution in [0, 0.1) is 5.92 Å². The van der Waals surface area contributed by atoms with E-state index < -0.39 is 0 Å². The Bertz CT molecular complexity index is 785. The molecule has 0 saturated carbocycles. The van der Waals surface area contributed by atoms with Crippen molar-refractivity contribution >= 4 is 5.91 Å². The van der Waals surface area contributed by atoms with Crippen molar-refractivity contribution in [1.82, 2.24) is 24.4 Å². The largest absolute Gasteiger partial charge is 0.379 e. The molecule has 2 aromatic rings. The summed E-state index contributed by atoms with van der Waals surface area (Å²) in [6.45, 7) is 5.02. The number of imidazole rings is 1. The molecule has 1 aliphatic heterocycles. The van der Waals surface area contributed by atoms with Crippen molar-refractivity contribution < 1.29 is 9.53 Å². The first-order chi connectivity index (χ1) is 12.7. The van der Waals surface area contributed by atoms with E-state index in [0.29, 0.717) is 45.7 Å². The molecule has 1 fully saturated rings. The maximum Gasteiger partial charge on any atom is 0.250 e. The molecule has 0 aromatic carbocycles. The van der Waals surface area contributed by atoms with Crippen LogP contribution in [0.2, 0.25) is 0 Å². The Labute approximate surface area is 152 Å². The molecule has 1 atom stereocenters. The van der Waals surface area contributed by atoms with Crippen molar-refractivity contribution in [2.45, 2.75) is 32.7 Å². The lowest BCUT2D eigenvalue weighted by Gasteiger charge is -2.23. The number of ether oxygens (including phenoxy) is 1. The Morgan fingerprint density at radius 2 is 2.31 bits per heavy atom. The van der Waals surface area contributed by atoms with Gasteiger partial charge in [-0.2, -0.15) is 0 Å². The summed E-state index contributed by atoms with van der Waals surface area (Å²) in [6.07, 6.45) is 7.01. The SMILES string of the molecule is CCc1nccn1CCC(=O)N1CCOCC(Cc2cc(=O)[nH]cn2)C1. The Kier molecular flexibility index (Phi) is 6.17. The number of hydrogen-bond acceptors (Lipinski definition) is 5. The summed E-state index contributed by atoms with van der Waals surface area (Å²) in [5.41, 5.74) is 0.562. The Balaban J connectivity index is 1.57. The number of aryl methyl sites for hydroxylation is 2. The number of nitrogens with zero attached hydrogens (tertiary/aromatic N) is 4. The predicted octanol–water partition coefficient (Wildman–Crippen LogP) is 0.637. The van der Waals surface area contributed by atoms with E-state index in [-0.39, 0.29) is 17.4 Å². The third-order valence-corrected chi connectivity index (χ3v) is 4.61. The summed E-state index contributed by atoms with van der Waals surface area (Å²) >= 11 is 0. The van der Waals surface area contributed by atoms with E-state index in [1.807, 2.05) is 15.7 Å². The van der Waals surface area contributed by atoms with Gasteiger partial charge in [0.05, 0.1) is 19.5 Å². The van der Waals surface area contributed by atoms with E-state index in [9.17, 15) is 9.59 Å². The minimum absolute atomic E-state index is 0.120. The van der Waals surface area contributed by atoms with Crippen molar-refractivity contribution in [2.75, 3.05) is 26.3 Å². The summed E-state index contributed by atoms with van der Waals surface area (Å²) < 4.78 is 7.69. The highest BCUT2D eigenvalue weighted by molar-refractivity contribution is 5.76. The number of nitrogens with one attached hydrogen (secondary N) is 1. The van der Waals surface area contributed by atoms with Gasteiger partial charge in [-0.25, -0.2) is 9.97 Å². The molecule has 0 radical (unpaired) electrons. The van der Waals surface area contributed by atoms with Gasteiger partial charge in [0.2, 0.25) is 5.91 Å². The molecule has 140 valence electrons. The van der Waals surface area contributed by atoms with Crippen molar-refractivity contribution in [3.8, 4) is 0 Å². The number of H-pyrrole nitrogens is 1. The first-order valence-electron chi connectivity index (χ1n) is 9.05. The number of rotatable bonds is 6. The van der Waals surface area contributed by atoms with E-state index in [4.69, 9.17) is 4.74 Å². The fraction of sp³-hybridized carbons (Fsp3) is 0.556. The second kappa shape index (κ2) is 8.75. The molecular weight excluding hydrogens is 334 g/mol. The second-order valence-corrected chi connectivity index (χ2v) is 6.53. The van der Waals surface area contributed by atoms with Gasteiger partial charge in [0.1, 0.15) is 5.82 Å². The second-order valence-electron chi connectivity index (χ2n) is 6.53. The number of carbonyl (C=O) groups excluding carboxylic acids is 1. The van der Waals surface area contributed by atoms with Crippen LogP contribution >= 0.6 is 0 Å². The van der Waals surface area contributed by atoms with E-state index in [2.05, 4.69) is 21.9 Å². The molecule has 0 bridgehead atoms. The van der Waals surface area contributed by atoms with Crippen molar-refractivity contribution in [3.05, 3.63) is 46.7 Å². The van der Waals surface area contributed by atoms with Crippen molar-refractivity contribution in [3.63, 3.8) is 0 Å². The van der Waals surface area contributed by atoms with Crippen LogP contribution < -0.4 is 5.56 Å². The minimum atomic E-state index is -0.162. The summed E-state index contributed by atoms with van der Waals surface area (Å²) in [4.78, 5) is 37.0. The molecule has 1 N–H and O–H groups in total. The smallest absolute Gasteiger partial charge is 0.250 e. The summed E-state index contributed by atoms with van der Waals surface area (Å²) in [5, 5.41) is 0.